The van der Waals surface area contributed by atoms with E-state index in [1.807, 2.05) is 42.2 Å². The summed E-state index contributed by atoms with van der Waals surface area (Å²) in [4.78, 5) is 27.1. The van der Waals surface area contributed by atoms with E-state index in [4.69, 9.17) is 0 Å². The summed E-state index contributed by atoms with van der Waals surface area (Å²) in [5.74, 6) is -0.153. The summed E-state index contributed by atoms with van der Waals surface area (Å²) in [6, 6.07) is 14.4. The fourth-order valence-electron chi connectivity index (χ4n) is 4.28. The highest BCUT2D eigenvalue weighted by Gasteiger charge is 2.42. The third kappa shape index (κ3) is 4.66. The molecule has 2 aromatic carbocycles. The minimum atomic E-state index is -0.629. The van der Waals surface area contributed by atoms with Crippen LogP contribution in [0, 0.1) is 11.2 Å². The maximum atomic E-state index is 14.1. The standard InChI is InChI=1S/C24H29FN2O2/c1-3-7-22(28)27-15-6-14-24(17-27,23(29)26-2)16-18-10-12-19(13-11-18)20-8-4-5-9-21(20)25/h4-5,8-13H,3,6-7,14-17H2,1-2H3,(H,26,29). The Morgan fingerprint density at radius 1 is 1.14 bits per heavy atom. The van der Waals surface area contributed by atoms with Crippen LogP contribution in [0.4, 0.5) is 4.39 Å². The lowest BCUT2D eigenvalue weighted by Gasteiger charge is -2.41. The molecule has 0 saturated carbocycles. The summed E-state index contributed by atoms with van der Waals surface area (Å²) >= 11 is 0. The Kier molecular flexibility index (Phi) is 6.68. The maximum Gasteiger partial charge on any atom is 0.228 e. The fraction of sp³-hybridized carbons (Fsp3) is 0.417. The van der Waals surface area contributed by atoms with Crippen molar-refractivity contribution in [3.05, 3.63) is 59.9 Å². The van der Waals surface area contributed by atoms with Gasteiger partial charge in [0.2, 0.25) is 11.8 Å². The number of amides is 2. The first-order chi connectivity index (χ1) is 14.0. The molecule has 1 unspecified atom stereocenters. The molecule has 3 rings (SSSR count). The van der Waals surface area contributed by atoms with Gasteiger partial charge in [-0.05, 0) is 42.9 Å². The van der Waals surface area contributed by atoms with Crippen LogP contribution < -0.4 is 5.32 Å². The van der Waals surface area contributed by atoms with Gasteiger partial charge in [0.05, 0.1) is 5.41 Å². The molecule has 1 fully saturated rings. The van der Waals surface area contributed by atoms with Crippen molar-refractivity contribution in [1.82, 2.24) is 10.2 Å². The first-order valence-electron chi connectivity index (χ1n) is 10.3. The van der Waals surface area contributed by atoms with Gasteiger partial charge >= 0.3 is 0 Å². The molecule has 2 amide bonds. The smallest absolute Gasteiger partial charge is 0.228 e. The lowest BCUT2D eigenvalue weighted by Crippen LogP contribution is -2.53. The average Bonchev–Trinajstić information content (AvgIpc) is 2.74. The molecule has 0 aromatic heterocycles. The third-order valence-corrected chi connectivity index (χ3v) is 5.78. The second kappa shape index (κ2) is 9.21. The summed E-state index contributed by atoms with van der Waals surface area (Å²) in [5, 5.41) is 2.81. The van der Waals surface area contributed by atoms with Gasteiger partial charge in [-0.1, -0.05) is 49.4 Å². The summed E-state index contributed by atoms with van der Waals surface area (Å²) in [5.41, 5.74) is 1.76. The molecular formula is C24H29FN2O2. The number of carbonyl (C=O) groups excluding carboxylic acids is 2. The predicted octanol–water partition coefficient (Wildman–Crippen LogP) is 4.19. The molecule has 0 spiro atoms. The minimum absolute atomic E-state index is 0.0234. The molecule has 1 atom stereocenters. The molecule has 0 bridgehead atoms. The first kappa shape index (κ1) is 21.0. The van der Waals surface area contributed by atoms with Crippen molar-refractivity contribution in [2.75, 3.05) is 20.1 Å². The zero-order chi connectivity index (χ0) is 20.9. The summed E-state index contributed by atoms with van der Waals surface area (Å²) in [7, 11) is 1.65. The van der Waals surface area contributed by atoms with Gasteiger partial charge in [-0.2, -0.15) is 0 Å². The Bertz CT molecular complexity index is 865. The van der Waals surface area contributed by atoms with Crippen LogP contribution in [-0.4, -0.2) is 36.9 Å². The largest absolute Gasteiger partial charge is 0.359 e. The SMILES string of the molecule is CCCC(=O)N1CCCC(Cc2ccc(-c3ccccc3F)cc2)(C(=O)NC)C1. The Hall–Kier alpha value is -2.69. The van der Waals surface area contributed by atoms with Crippen LogP contribution >= 0.6 is 0 Å². The molecule has 1 saturated heterocycles. The van der Waals surface area contributed by atoms with E-state index in [1.54, 1.807) is 19.2 Å². The molecule has 2 aromatic rings. The van der Waals surface area contributed by atoms with Crippen molar-refractivity contribution in [3.8, 4) is 11.1 Å². The van der Waals surface area contributed by atoms with Crippen LogP contribution in [0.2, 0.25) is 0 Å². The van der Waals surface area contributed by atoms with Crippen molar-refractivity contribution < 1.29 is 14.0 Å². The lowest BCUT2D eigenvalue weighted by atomic mass is 9.74. The Morgan fingerprint density at radius 3 is 2.52 bits per heavy atom. The van der Waals surface area contributed by atoms with Crippen LogP contribution in [0.5, 0.6) is 0 Å². The second-order valence-electron chi connectivity index (χ2n) is 7.88. The number of nitrogens with zero attached hydrogens (tertiary/aromatic N) is 1. The van der Waals surface area contributed by atoms with Crippen LogP contribution in [0.3, 0.4) is 0 Å². The van der Waals surface area contributed by atoms with Gasteiger partial charge in [-0.3, -0.25) is 9.59 Å². The molecule has 0 radical (unpaired) electrons. The quantitative estimate of drug-likeness (QED) is 0.796. The average molecular weight is 397 g/mol. The molecule has 1 aliphatic rings. The van der Waals surface area contributed by atoms with E-state index < -0.39 is 5.41 Å². The lowest BCUT2D eigenvalue weighted by molar-refractivity contribution is -0.141. The highest BCUT2D eigenvalue weighted by molar-refractivity contribution is 5.85. The molecule has 1 N–H and O–H groups in total. The topological polar surface area (TPSA) is 49.4 Å². The van der Waals surface area contributed by atoms with E-state index in [1.165, 1.54) is 6.07 Å². The number of halogens is 1. The molecule has 1 aliphatic heterocycles. The number of carbonyl (C=O) groups is 2. The van der Waals surface area contributed by atoms with Gasteiger partial charge in [-0.15, -0.1) is 0 Å². The van der Waals surface area contributed by atoms with Crippen molar-refractivity contribution in [3.63, 3.8) is 0 Å². The summed E-state index contributed by atoms with van der Waals surface area (Å²) < 4.78 is 14.1. The number of likely N-dealkylation sites (tertiary alicyclic amines) is 1. The van der Waals surface area contributed by atoms with E-state index in [2.05, 4.69) is 5.32 Å². The zero-order valence-corrected chi connectivity index (χ0v) is 17.2. The summed E-state index contributed by atoms with van der Waals surface area (Å²) in [6.07, 6.45) is 3.44. The van der Waals surface area contributed by atoms with Crippen LogP contribution in [0.25, 0.3) is 11.1 Å². The molecule has 1 heterocycles. The molecule has 29 heavy (non-hydrogen) atoms. The van der Waals surface area contributed by atoms with Crippen LogP contribution in [0.15, 0.2) is 48.5 Å². The number of piperidine rings is 1. The van der Waals surface area contributed by atoms with Gasteiger partial charge in [0, 0.05) is 32.1 Å². The highest BCUT2D eigenvalue weighted by Crippen LogP contribution is 2.35. The van der Waals surface area contributed by atoms with Crippen LogP contribution in [-0.2, 0) is 16.0 Å². The molecular weight excluding hydrogens is 367 g/mol. The fourth-order valence-corrected chi connectivity index (χ4v) is 4.28. The Labute approximate surface area is 172 Å². The Balaban J connectivity index is 1.83. The van der Waals surface area contributed by atoms with E-state index in [0.717, 1.165) is 30.4 Å². The van der Waals surface area contributed by atoms with Gasteiger partial charge in [0.25, 0.3) is 0 Å². The second-order valence-corrected chi connectivity index (χ2v) is 7.88. The molecule has 5 heteroatoms. The first-order valence-corrected chi connectivity index (χ1v) is 10.3. The molecule has 0 aliphatic carbocycles. The number of hydrogen-bond donors (Lipinski definition) is 1. The van der Waals surface area contributed by atoms with E-state index in [-0.39, 0.29) is 17.6 Å². The van der Waals surface area contributed by atoms with Crippen molar-refractivity contribution in [2.45, 2.75) is 39.0 Å². The third-order valence-electron chi connectivity index (χ3n) is 5.78. The molecule has 154 valence electrons. The summed E-state index contributed by atoms with van der Waals surface area (Å²) in [6.45, 7) is 3.15. The van der Waals surface area contributed by atoms with Crippen molar-refractivity contribution in [2.24, 2.45) is 5.41 Å². The predicted molar refractivity (Wildman–Crippen MR) is 113 cm³/mol. The van der Waals surface area contributed by atoms with Crippen LogP contribution in [0.1, 0.15) is 38.2 Å². The van der Waals surface area contributed by atoms with Crippen molar-refractivity contribution >= 4 is 11.8 Å². The van der Waals surface area contributed by atoms with E-state index in [0.29, 0.717) is 31.5 Å². The normalized spacial score (nSPS) is 19.1. The maximum absolute atomic E-state index is 14.1. The number of benzene rings is 2. The van der Waals surface area contributed by atoms with Gasteiger partial charge < -0.3 is 10.2 Å². The monoisotopic (exact) mass is 396 g/mol. The van der Waals surface area contributed by atoms with Gasteiger partial charge in [0.15, 0.2) is 0 Å². The number of rotatable bonds is 6. The van der Waals surface area contributed by atoms with Crippen molar-refractivity contribution in [1.29, 1.82) is 0 Å². The highest BCUT2D eigenvalue weighted by atomic mass is 19.1. The van der Waals surface area contributed by atoms with Gasteiger partial charge in [0.1, 0.15) is 5.82 Å². The number of hydrogen-bond acceptors (Lipinski definition) is 2. The zero-order valence-electron chi connectivity index (χ0n) is 17.2. The van der Waals surface area contributed by atoms with Gasteiger partial charge in [-0.25, -0.2) is 4.39 Å². The Morgan fingerprint density at radius 2 is 1.86 bits per heavy atom. The van der Waals surface area contributed by atoms with E-state index >= 15 is 0 Å². The molecule has 4 nitrogen and oxygen atoms in total. The minimum Gasteiger partial charge on any atom is -0.359 e. The number of nitrogens with one attached hydrogen (secondary N) is 1. The van der Waals surface area contributed by atoms with E-state index in [9.17, 15) is 14.0 Å².